The number of hydrogen-bond acceptors (Lipinski definition) is 5. The van der Waals surface area contributed by atoms with Gasteiger partial charge in [-0.15, -0.1) is 0 Å². The molecule has 0 saturated carbocycles. The van der Waals surface area contributed by atoms with Crippen molar-refractivity contribution in [1.29, 1.82) is 0 Å². The highest BCUT2D eigenvalue weighted by atomic mass is 32.2. The van der Waals surface area contributed by atoms with Crippen LogP contribution in [0.2, 0.25) is 0 Å². The molecule has 1 aromatic rings. The molecule has 9 heteroatoms. The van der Waals surface area contributed by atoms with Crippen LogP contribution in [0.4, 0.5) is 0 Å². The number of aromatic amines is 1. The van der Waals surface area contributed by atoms with E-state index in [1.54, 1.807) is 0 Å². The molecule has 1 saturated heterocycles. The number of nitrogens with zero attached hydrogens (tertiary/aromatic N) is 2. The minimum Gasteiger partial charge on any atom is -0.478 e. The minimum atomic E-state index is -3.98. The molecular formula is C9H13N3O5S. The van der Waals surface area contributed by atoms with Crippen LogP contribution in [-0.2, 0) is 10.0 Å². The van der Waals surface area contributed by atoms with E-state index in [2.05, 4.69) is 10.2 Å². The van der Waals surface area contributed by atoms with Gasteiger partial charge in [0.15, 0.2) is 0 Å². The largest absolute Gasteiger partial charge is 0.478 e. The highest BCUT2D eigenvalue weighted by molar-refractivity contribution is 7.89. The minimum absolute atomic E-state index is 0.0344. The number of rotatable bonds is 3. The van der Waals surface area contributed by atoms with Gasteiger partial charge in [0.05, 0.1) is 6.10 Å². The molecular weight excluding hydrogens is 262 g/mol. The Balaban J connectivity index is 2.45. The molecule has 100 valence electrons. The zero-order chi connectivity index (χ0) is 13.5. The summed E-state index contributed by atoms with van der Waals surface area (Å²) >= 11 is 0. The fourth-order valence-corrected chi connectivity index (χ4v) is 3.51. The number of sulfonamides is 1. The lowest BCUT2D eigenvalue weighted by molar-refractivity contribution is 0.0691. The summed E-state index contributed by atoms with van der Waals surface area (Å²) in [5.41, 5.74) is -0.169. The first-order valence-electron chi connectivity index (χ1n) is 5.30. The third-order valence-electron chi connectivity index (χ3n) is 2.84. The first kappa shape index (κ1) is 13.0. The van der Waals surface area contributed by atoms with Crippen LogP contribution in [-0.4, -0.2) is 58.3 Å². The number of β-amino-alcohol motifs (C(OH)–C–C–N with tert-alkyl or cyclic N) is 1. The Labute approximate surface area is 103 Å². The van der Waals surface area contributed by atoms with E-state index >= 15 is 0 Å². The number of carboxylic acids is 1. The molecule has 0 radical (unpaired) electrons. The van der Waals surface area contributed by atoms with Crippen LogP contribution in [0.1, 0.15) is 22.5 Å². The van der Waals surface area contributed by atoms with Crippen molar-refractivity contribution in [1.82, 2.24) is 14.5 Å². The van der Waals surface area contributed by atoms with Crippen LogP contribution in [0, 0.1) is 6.92 Å². The second-order valence-corrected chi connectivity index (χ2v) is 5.99. The number of hydrogen-bond donors (Lipinski definition) is 3. The van der Waals surface area contributed by atoms with Gasteiger partial charge in [0.25, 0.3) is 10.0 Å². The Bertz CT molecular complexity index is 579. The molecule has 0 aromatic carbocycles. The average Bonchev–Trinajstić information content (AvgIpc) is 2.84. The van der Waals surface area contributed by atoms with Gasteiger partial charge in [-0.3, -0.25) is 5.10 Å². The Morgan fingerprint density at radius 1 is 1.56 bits per heavy atom. The molecule has 0 amide bonds. The lowest BCUT2D eigenvalue weighted by Crippen LogP contribution is -2.31. The Morgan fingerprint density at radius 3 is 2.72 bits per heavy atom. The standard InChI is InChI=1S/C9H13N3O5S/c1-5-7(9(14)15)8(11-10-5)18(16,17)12-3-2-6(13)4-12/h6,13H,2-4H2,1H3,(H,10,11)(H,14,15). The van der Waals surface area contributed by atoms with Crippen molar-refractivity contribution >= 4 is 16.0 Å². The molecule has 1 fully saturated rings. The predicted molar refractivity (Wildman–Crippen MR) is 59.7 cm³/mol. The van der Waals surface area contributed by atoms with Crippen LogP contribution in [0.25, 0.3) is 0 Å². The summed E-state index contributed by atoms with van der Waals surface area (Å²) in [4.78, 5) is 11.0. The lowest BCUT2D eigenvalue weighted by Gasteiger charge is -2.14. The molecule has 2 rings (SSSR count). The van der Waals surface area contributed by atoms with Crippen LogP contribution in [0.5, 0.6) is 0 Å². The van der Waals surface area contributed by atoms with E-state index in [1.165, 1.54) is 6.92 Å². The summed E-state index contributed by atoms with van der Waals surface area (Å²) in [5.74, 6) is -1.35. The molecule has 1 aromatic heterocycles. The maximum absolute atomic E-state index is 12.2. The summed E-state index contributed by atoms with van der Waals surface area (Å²) in [6.45, 7) is 1.57. The summed E-state index contributed by atoms with van der Waals surface area (Å²) in [6, 6.07) is 0. The highest BCUT2D eigenvalue weighted by Crippen LogP contribution is 2.23. The monoisotopic (exact) mass is 275 g/mol. The number of aromatic carboxylic acids is 1. The van der Waals surface area contributed by atoms with Gasteiger partial charge in [0.1, 0.15) is 5.56 Å². The maximum atomic E-state index is 12.2. The Kier molecular flexibility index (Phi) is 3.13. The van der Waals surface area contributed by atoms with Gasteiger partial charge in [0.2, 0.25) is 5.03 Å². The number of carboxylic acid groups (broad SMARTS) is 1. The number of aromatic nitrogens is 2. The summed E-state index contributed by atoms with van der Waals surface area (Å²) in [7, 11) is -3.98. The smallest absolute Gasteiger partial charge is 0.340 e. The van der Waals surface area contributed by atoms with E-state index in [0.717, 1.165) is 4.31 Å². The number of carbonyl (C=O) groups is 1. The third kappa shape index (κ3) is 2.00. The van der Waals surface area contributed by atoms with E-state index < -0.39 is 27.1 Å². The van der Waals surface area contributed by atoms with Crippen molar-refractivity contribution in [3.63, 3.8) is 0 Å². The van der Waals surface area contributed by atoms with Gasteiger partial charge in [-0.05, 0) is 13.3 Å². The van der Waals surface area contributed by atoms with Crippen molar-refractivity contribution in [2.45, 2.75) is 24.5 Å². The Hall–Kier alpha value is -1.45. The van der Waals surface area contributed by atoms with Gasteiger partial charge < -0.3 is 10.2 Å². The molecule has 1 aliphatic rings. The van der Waals surface area contributed by atoms with Crippen molar-refractivity contribution in [2.75, 3.05) is 13.1 Å². The van der Waals surface area contributed by atoms with Crippen molar-refractivity contribution < 1.29 is 23.4 Å². The summed E-state index contributed by atoms with van der Waals surface area (Å²) in [5, 5.41) is 23.8. The zero-order valence-corrected chi connectivity index (χ0v) is 10.4. The molecule has 18 heavy (non-hydrogen) atoms. The molecule has 2 heterocycles. The average molecular weight is 275 g/mol. The fourth-order valence-electron chi connectivity index (χ4n) is 1.90. The van der Waals surface area contributed by atoms with Crippen molar-refractivity contribution in [2.24, 2.45) is 0 Å². The summed E-state index contributed by atoms with van der Waals surface area (Å²) in [6.07, 6.45) is -0.376. The molecule has 0 spiro atoms. The SMILES string of the molecule is Cc1[nH]nc(S(=O)(=O)N2CCC(O)C2)c1C(=O)O. The van der Waals surface area contributed by atoms with Gasteiger partial charge in [-0.2, -0.15) is 9.40 Å². The van der Waals surface area contributed by atoms with Gasteiger partial charge in [-0.1, -0.05) is 0 Å². The lowest BCUT2D eigenvalue weighted by atomic mass is 10.3. The van der Waals surface area contributed by atoms with E-state index in [1.807, 2.05) is 0 Å². The second kappa shape index (κ2) is 4.34. The number of aryl methyl sites for hydroxylation is 1. The van der Waals surface area contributed by atoms with E-state index in [4.69, 9.17) is 5.11 Å². The molecule has 1 unspecified atom stereocenters. The van der Waals surface area contributed by atoms with E-state index in [0.29, 0.717) is 6.42 Å². The fraction of sp³-hybridized carbons (Fsp3) is 0.556. The van der Waals surface area contributed by atoms with Crippen LogP contribution >= 0.6 is 0 Å². The van der Waals surface area contributed by atoms with Gasteiger partial charge in [0, 0.05) is 18.8 Å². The normalized spacial score (nSPS) is 21.3. The first-order chi connectivity index (χ1) is 8.34. The van der Waals surface area contributed by atoms with Gasteiger partial charge >= 0.3 is 5.97 Å². The molecule has 1 aliphatic heterocycles. The highest BCUT2D eigenvalue weighted by Gasteiger charge is 2.37. The van der Waals surface area contributed by atoms with E-state index in [9.17, 15) is 18.3 Å². The Morgan fingerprint density at radius 2 is 2.22 bits per heavy atom. The number of aliphatic hydroxyl groups excluding tert-OH is 1. The van der Waals surface area contributed by atoms with Crippen LogP contribution in [0.3, 0.4) is 0 Å². The quantitative estimate of drug-likeness (QED) is 0.661. The molecule has 0 aliphatic carbocycles. The van der Waals surface area contributed by atoms with Crippen LogP contribution in [0.15, 0.2) is 5.03 Å². The van der Waals surface area contributed by atoms with Crippen molar-refractivity contribution in [3.05, 3.63) is 11.3 Å². The number of H-pyrrole nitrogens is 1. The first-order valence-corrected chi connectivity index (χ1v) is 6.74. The number of aliphatic hydroxyl groups is 1. The maximum Gasteiger partial charge on any atom is 0.340 e. The summed E-state index contributed by atoms with van der Waals surface area (Å²) < 4.78 is 25.4. The third-order valence-corrected chi connectivity index (χ3v) is 4.63. The second-order valence-electron chi connectivity index (χ2n) is 4.14. The molecule has 0 bridgehead atoms. The molecule has 1 atom stereocenters. The number of nitrogens with one attached hydrogen (secondary N) is 1. The topological polar surface area (TPSA) is 124 Å². The van der Waals surface area contributed by atoms with Crippen LogP contribution < -0.4 is 0 Å². The molecule has 3 N–H and O–H groups in total. The van der Waals surface area contributed by atoms with Crippen molar-refractivity contribution in [3.8, 4) is 0 Å². The molecule has 8 nitrogen and oxygen atoms in total. The van der Waals surface area contributed by atoms with E-state index in [-0.39, 0.29) is 24.3 Å². The predicted octanol–water partition coefficient (Wildman–Crippen LogP) is -0.828. The van der Waals surface area contributed by atoms with Gasteiger partial charge in [-0.25, -0.2) is 13.2 Å². The zero-order valence-electron chi connectivity index (χ0n) is 9.62.